The third-order valence-corrected chi connectivity index (χ3v) is 7.06. The van der Waals surface area contributed by atoms with Crippen LogP contribution in [0.3, 0.4) is 0 Å². The average Bonchev–Trinajstić information content (AvgIpc) is 2.60. The average molecular weight is 488 g/mol. The van der Waals surface area contributed by atoms with Gasteiger partial charge in [0.05, 0.1) is 4.90 Å². The van der Waals surface area contributed by atoms with E-state index >= 15 is 0 Å². The van der Waals surface area contributed by atoms with E-state index < -0.39 is 20.0 Å². The van der Waals surface area contributed by atoms with Crippen molar-refractivity contribution in [2.75, 3.05) is 9.44 Å². The molecule has 9 nitrogen and oxygen atoms in total. The molecule has 0 aliphatic heterocycles. The lowest BCUT2D eigenvalue weighted by atomic mass is 10.3. The Labute approximate surface area is 183 Å². The summed E-state index contributed by atoms with van der Waals surface area (Å²) in [6, 6.07) is 9.29. The molecule has 0 bridgehead atoms. The maximum absolute atomic E-state index is 12.6. The number of nitrogens with one attached hydrogen (secondary N) is 2. The summed E-state index contributed by atoms with van der Waals surface area (Å²) in [6.45, 7) is 3.44. The van der Waals surface area contributed by atoms with Crippen LogP contribution in [0.1, 0.15) is 11.4 Å². The second-order valence-electron chi connectivity index (χ2n) is 6.13. The van der Waals surface area contributed by atoms with Crippen molar-refractivity contribution in [3.05, 3.63) is 64.2 Å². The molecule has 0 saturated carbocycles. The predicted octanol–water partition coefficient (Wildman–Crippen LogP) is 3.40. The first-order valence-electron chi connectivity index (χ1n) is 8.26. The Kier molecular flexibility index (Phi) is 6.18. The summed E-state index contributed by atoms with van der Waals surface area (Å²) >= 11 is 11.5. The zero-order valence-corrected chi connectivity index (χ0v) is 18.7. The molecule has 0 atom stereocenters. The summed E-state index contributed by atoms with van der Waals surface area (Å²) in [5.41, 5.74) is 1.35. The number of nitrogens with zero attached hydrogens (tertiary/aromatic N) is 3. The Hall–Kier alpha value is -2.47. The largest absolute Gasteiger partial charge is 0.280 e. The van der Waals surface area contributed by atoms with Crippen LogP contribution in [0.4, 0.5) is 11.6 Å². The number of anilines is 2. The Balaban J connectivity index is 1.81. The molecule has 0 amide bonds. The number of aromatic nitrogens is 3. The molecule has 3 aromatic rings. The summed E-state index contributed by atoms with van der Waals surface area (Å²) in [5, 5.41) is -0.236. The molecule has 30 heavy (non-hydrogen) atoms. The van der Waals surface area contributed by atoms with E-state index in [0.717, 1.165) is 0 Å². The number of hydrogen-bond donors (Lipinski definition) is 2. The Morgan fingerprint density at radius 3 is 1.93 bits per heavy atom. The summed E-state index contributed by atoms with van der Waals surface area (Å²) in [6.07, 6.45) is 0. The SMILES string of the molecule is Cc1cc(C)nc(NS(=O)(=O)c2ccc(NS(=O)(=O)c3ccc(Cl)nc3Cl)cc2)n1. The van der Waals surface area contributed by atoms with E-state index in [1.54, 1.807) is 19.9 Å². The van der Waals surface area contributed by atoms with Gasteiger partial charge >= 0.3 is 0 Å². The fourth-order valence-corrected chi connectivity index (χ4v) is 5.13. The highest BCUT2D eigenvalue weighted by Crippen LogP contribution is 2.24. The third-order valence-electron chi connectivity index (χ3n) is 3.69. The summed E-state index contributed by atoms with van der Waals surface area (Å²) in [5.74, 6) is -0.0536. The molecular formula is C17H15Cl2N5O4S2. The third kappa shape index (κ3) is 5.17. The van der Waals surface area contributed by atoms with Gasteiger partial charge in [-0.25, -0.2) is 36.5 Å². The minimum atomic E-state index is -4.06. The monoisotopic (exact) mass is 487 g/mol. The molecule has 1 aromatic carbocycles. The number of hydrogen-bond acceptors (Lipinski definition) is 7. The van der Waals surface area contributed by atoms with Crippen LogP contribution in [0.2, 0.25) is 10.3 Å². The normalized spacial score (nSPS) is 11.9. The highest BCUT2D eigenvalue weighted by molar-refractivity contribution is 7.93. The van der Waals surface area contributed by atoms with Gasteiger partial charge in [-0.1, -0.05) is 23.2 Å². The molecule has 0 saturated heterocycles. The van der Waals surface area contributed by atoms with Crippen molar-refractivity contribution >= 4 is 54.9 Å². The van der Waals surface area contributed by atoms with E-state index in [0.29, 0.717) is 11.4 Å². The van der Waals surface area contributed by atoms with Gasteiger partial charge in [-0.15, -0.1) is 0 Å². The number of rotatable bonds is 6. The van der Waals surface area contributed by atoms with Crippen molar-refractivity contribution < 1.29 is 16.8 Å². The van der Waals surface area contributed by atoms with Crippen molar-refractivity contribution in [2.24, 2.45) is 0 Å². The lowest BCUT2D eigenvalue weighted by molar-refractivity contribution is 0.599. The second kappa shape index (κ2) is 8.34. The zero-order chi connectivity index (χ0) is 22.1. The second-order valence-corrected chi connectivity index (χ2v) is 10.2. The van der Waals surface area contributed by atoms with Crippen molar-refractivity contribution in [1.82, 2.24) is 15.0 Å². The van der Waals surface area contributed by atoms with Gasteiger partial charge in [0.1, 0.15) is 10.0 Å². The molecule has 0 aliphatic rings. The standard InChI is InChI=1S/C17H15Cl2N5O4S2/c1-10-9-11(2)21-17(20-10)24-29(25,26)13-5-3-12(4-6-13)23-30(27,28)14-7-8-15(18)22-16(14)19/h3-9,23H,1-2H3,(H,20,21,24). The van der Waals surface area contributed by atoms with Gasteiger partial charge in [0.2, 0.25) is 5.95 Å². The Morgan fingerprint density at radius 2 is 1.37 bits per heavy atom. The van der Waals surface area contributed by atoms with Crippen molar-refractivity contribution in [3.63, 3.8) is 0 Å². The Morgan fingerprint density at radius 1 is 0.767 bits per heavy atom. The van der Waals surface area contributed by atoms with Crippen LogP contribution >= 0.6 is 23.2 Å². The molecule has 0 unspecified atom stereocenters. The topological polar surface area (TPSA) is 131 Å². The smallest absolute Gasteiger partial charge is 0.264 e. The molecule has 3 rings (SSSR count). The first-order chi connectivity index (χ1) is 14.0. The molecule has 2 N–H and O–H groups in total. The summed E-state index contributed by atoms with van der Waals surface area (Å²) in [4.78, 5) is 11.4. The first kappa shape index (κ1) is 22.2. The molecule has 2 aromatic heterocycles. The van der Waals surface area contributed by atoms with Crippen LogP contribution in [0.5, 0.6) is 0 Å². The van der Waals surface area contributed by atoms with E-state index in [1.165, 1.54) is 36.4 Å². The maximum Gasteiger partial charge on any atom is 0.264 e. The molecular weight excluding hydrogens is 473 g/mol. The van der Waals surface area contributed by atoms with E-state index in [9.17, 15) is 16.8 Å². The van der Waals surface area contributed by atoms with Crippen LogP contribution in [0, 0.1) is 13.8 Å². The molecule has 2 heterocycles. The molecule has 158 valence electrons. The van der Waals surface area contributed by atoms with Gasteiger partial charge in [-0.3, -0.25) is 4.72 Å². The van der Waals surface area contributed by atoms with Gasteiger partial charge in [-0.2, -0.15) is 0 Å². The number of aryl methyl sites for hydroxylation is 2. The van der Waals surface area contributed by atoms with E-state index in [-0.39, 0.29) is 31.7 Å². The van der Waals surface area contributed by atoms with E-state index in [4.69, 9.17) is 23.2 Å². The fraction of sp³-hybridized carbons (Fsp3) is 0.118. The van der Waals surface area contributed by atoms with Crippen LogP contribution < -0.4 is 9.44 Å². The molecule has 0 spiro atoms. The van der Waals surface area contributed by atoms with Crippen LogP contribution in [0.15, 0.2) is 52.3 Å². The van der Waals surface area contributed by atoms with E-state index in [2.05, 4.69) is 24.4 Å². The van der Waals surface area contributed by atoms with Crippen LogP contribution in [-0.4, -0.2) is 31.8 Å². The summed E-state index contributed by atoms with van der Waals surface area (Å²) in [7, 11) is -8.02. The van der Waals surface area contributed by atoms with Gasteiger partial charge in [0.15, 0.2) is 5.15 Å². The number of pyridine rings is 1. The molecule has 13 heteroatoms. The minimum absolute atomic E-state index is 0.0498. The number of benzene rings is 1. The zero-order valence-electron chi connectivity index (χ0n) is 15.6. The Bertz CT molecular complexity index is 1290. The quantitative estimate of drug-likeness (QED) is 0.509. The van der Waals surface area contributed by atoms with Gasteiger partial charge in [-0.05, 0) is 56.3 Å². The maximum atomic E-state index is 12.6. The summed E-state index contributed by atoms with van der Waals surface area (Å²) < 4.78 is 54.7. The van der Waals surface area contributed by atoms with Gasteiger partial charge in [0, 0.05) is 17.1 Å². The van der Waals surface area contributed by atoms with Crippen LogP contribution in [0.25, 0.3) is 0 Å². The molecule has 0 fully saturated rings. The van der Waals surface area contributed by atoms with Gasteiger partial charge in [0.25, 0.3) is 20.0 Å². The number of sulfonamides is 2. The molecule has 0 radical (unpaired) electrons. The molecule has 0 aliphatic carbocycles. The van der Waals surface area contributed by atoms with Crippen molar-refractivity contribution in [2.45, 2.75) is 23.6 Å². The van der Waals surface area contributed by atoms with Crippen molar-refractivity contribution in [1.29, 1.82) is 0 Å². The van der Waals surface area contributed by atoms with E-state index in [1.807, 2.05) is 0 Å². The first-order valence-corrected chi connectivity index (χ1v) is 12.0. The predicted molar refractivity (Wildman–Crippen MR) is 114 cm³/mol. The highest BCUT2D eigenvalue weighted by atomic mass is 35.5. The number of halogens is 2. The minimum Gasteiger partial charge on any atom is -0.280 e. The van der Waals surface area contributed by atoms with Gasteiger partial charge < -0.3 is 0 Å². The fourth-order valence-electron chi connectivity index (χ4n) is 2.46. The lowest BCUT2D eigenvalue weighted by Crippen LogP contribution is -2.16. The lowest BCUT2D eigenvalue weighted by Gasteiger charge is -2.11. The highest BCUT2D eigenvalue weighted by Gasteiger charge is 2.21. The van der Waals surface area contributed by atoms with Crippen LogP contribution in [-0.2, 0) is 20.0 Å². The van der Waals surface area contributed by atoms with Crippen molar-refractivity contribution in [3.8, 4) is 0 Å².